The fraction of sp³-hybridized carbons (Fsp3) is 0.304. The lowest BCUT2D eigenvalue weighted by Gasteiger charge is -2.32. The minimum Gasteiger partial charge on any atom is -0.349 e. The van der Waals surface area contributed by atoms with Crippen LogP contribution in [0.3, 0.4) is 0 Å². The maximum Gasteiger partial charge on any atom is 0.223 e. The fourth-order valence-corrected chi connectivity index (χ4v) is 3.56. The smallest absolute Gasteiger partial charge is 0.223 e. The third-order valence-electron chi connectivity index (χ3n) is 5.07. The van der Waals surface area contributed by atoms with Gasteiger partial charge in [-0.3, -0.25) is 9.59 Å². The van der Waals surface area contributed by atoms with Crippen LogP contribution in [0.2, 0.25) is 0 Å². The molecule has 1 heterocycles. The molecule has 2 unspecified atom stereocenters. The highest BCUT2D eigenvalue weighted by molar-refractivity contribution is 5.82. The molecule has 27 heavy (non-hydrogen) atoms. The first-order valence-electron chi connectivity index (χ1n) is 9.41. The van der Waals surface area contributed by atoms with Crippen molar-refractivity contribution in [1.82, 2.24) is 10.2 Å². The Hall–Kier alpha value is -2.88. The van der Waals surface area contributed by atoms with Crippen LogP contribution < -0.4 is 5.32 Å². The number of nitrogens with one attached hydrogen (secondary N) is 1. The molecule has 0 bridgehead atoms. The second-order valence-corrected chi connectivity index (χ2v) is 7.03. The quantitative estimate of drug-likeness (QED) is 0.850. The average Bonchev–Trinajstić information content (AvgIpc) is 2.67. The van der Waals surface area contributed by atoms with Crippen molar-refractivity contribution in [3.05, 3.63) is 77.0 Å². The number of fused-ring (bicyclic) bond motifs is 1. The number of hydrogen-bond donors (Lipinski definition) is 1. The van der Waals surface area contributed by atoms with Crippen LogP contribution in [0.5, 0.6) is 0 Å². The summed E-state index contributed by atoms with van der Waals surface area (Å²) in [5, 5.41) is 3.14. The Labute approximate surface area is 160 Å². The molecule has 4 nitrogen and oxygen atoms in total. The lowest BCUT2D eigenvalue weighted by Crippen LogP contribution is -2.36. The third kappa shape index (κ3) is 4.27. The minimum absolute atomic E-state index is 0.0294. The number of aryl methyl sites for hydroxylation is 1. The molecule has 2 amide bonds. The molecule has 0 aliphatic carbocycles. The highest BCUT2D eigenvalue weighted by Crippen LogP contribution is 2.33. The van der Waals surface area contributed by atoms with Crippen LogP contribution in [0.15, 0.2) is 54.7 Å². The van der Waals surface area contributed by atoms with Gasteiger partial charge in [0.25, 0.3) is 0 Å². The van der Waals surface area contributed by atoms with Gasteiger partial charge in [0.05, 0.1) is 18.5 Å². The van der Waals surface area contributed by atoms with Crippen molar-refractivity contribution in [3.8, 4) is 0 Å². The molecule has 2 atom stereocenters. The molecular weight excluding hydrogens is 336 g/mol. The molecule has 2 aromatic carbocycles. The lowest BCUT2D eigenvalue weighted by atomic mass is 9.93. The largest absolute Gasteiger partial charge is 0.349 e. The van der Waals surface area contributed by atoms with Crippen LogP contribution in [-0.4, -0.2) is 16.7 Å². The zero-order valence-corrected chi connectivity index (χ0v) is 16.1. The van der Waals surface area contributed by atoms with E-state index in [0.29, 0.717) is 0 Å². The molecule has 1 N–H and O–H groups in total. The molecule has 0 fully saturated rings. The van der Waals surface area contributed by atoms with Crippen molar-refractivity contribution >= 4 is 17.9 Å². The maximum absolute atomic E-state index is 12.8. The van der Waals surface area contributed by atoms with Crippen LogP contribution >= 0.6 is 0 Å². The molecule has 0 spiro atoms. The normalized spacial score (nSPS) is 16.6. The molecule has 0 saturated heterocycles. The summed E-state index contributed by atoms with van der Waals surface area (Å²) in [6.45, 7) is 5.64. The Morgan fingerprint density at radius 2 is 1.81 bits per heavy atom. The molecule has 1 aliphatic rings. The first-order chi connectivity index (χ1) is 13.0. The summed E-state index contributed by atoms with van der Waals surface area (Å²) < 4.78 is 0. The Morgan fingerprint density at radius 3 is 2.48 bits per heavy atom. The zero-order valence-electron chi connectivity index (χ0n) is 16.1. The van der Waals surface area contributed by atoms with Gasteiger partial charge in [-0.1, -0.05) is 61.0 Å². The highest BCUT2D eigenvalue weighted by atomic mass is 16.2. The van der Waals surface area contributed by atoms with Gasteiger partial charge in [-0.15, -0.1) is 0 Å². The summed E-state index contributed by atoms with van der Waals surface area (Å²) in [5.41, 5.74) is 4.36. The van der Waals surface area contributed by atoms with Gasteiger partial charge in [0.1, 0.15) is 0 Å². The number of carbonyl (C=O) groups is 2. The van der Waals surface area contributed by atoms with Crippen molar-refractivity contribution < 1.29 is 9.59 Å². The van der Waals surface area contributed by atoms with Crippen LogP contribution in [0.4, 0.5) is 0 Å². The van der Waals surface area contributed by atoms with E-state index >= 15 is 0 Å². The Kier molecular flexibility index (Phi) is 5.75. The summed E-state index contributed by atoms with van der Waals surface area (Å²) in [7, 11) is 0. The van der Waals surface area contributed by atoms with E-state index in [1.807, 2.05) is 37.3 Å². The molecule has 140 valence electrons. The van der Waals surface area contributed by atoms with Gasteiger partial charge in [0.15, 0.2) is 0 Å². The van der Waals surface area contributed by atoms with E-state index in [4.69, 9.17) is 0 Å². The lowest BCUT2D eigenvalue weighted by molar-refractivity contribution is -0.130. The maximum atomic E-state index is 12.8. The summed E-state index contributed by atoms with van der Waals surface area (Å²) >= 11 is 0. The monoisotopic (exact) mass is 362 g/mol. The van der Waals surface area contributed by atoms with Crippen LogP contribution in [0.25, 0.3) is 6.08 Å². The number of nitrogens with zero attached hydrogens (tertiary/aromatic N) is 1. The molecule has 1 aliphatic heterocycles. The van der Waals surface area contributed by atoms with Crippen molar-refractivity contribution in [2.24, 2.45) is 0 Å². The van der Waals surface area contributed by atoms with Gasteiger partial charge < -0.3 is 10.2 Å². The summed E-state index contributed by atoms with van der Waals surface area (Å²) in [4.78, 5) is 26.5. The van der Waals surface area contributed by atoms with Gasteiger partial charge in [0.2, 0.25) is 11.8 Å². The van der Waals surface area contributed by atoms with Gasteiger partial charge >= 0.3 is 0 Å². The van der Waals surface area contributed by atoms with Crippen LogP contribution in [0, 0.1) is 6.92 Å². The first-order valence-corrected chi connectivity index (χ1v) is 9.41. The number of amides is 2. The Bertz CT molecular complexity index is 855. The predicted molar refractivity (Wildman–Crippen MR) is 108 cm³/mol. The second-order valence-electron chi connectivity index (χ2n) is 7.03. The number of hydrogen-bond acceptors (Lipinski definition) is 2. The molecule has 0 saturated carbocycles. The van der Waals surface area contributed by atoms with Crippen LogP contribution in [0.1, 0.15) is 61.0 Å². The van der Waals surface area contributed by atoms with E-state index in [1.165, 1.54) is 12.5 Å². The zero-order chi connectivity index (χ0) is 19.4. The van der Waals surface area contributed by atoms with Crippen molar-refractivity contribution in [3.63, 3.8) is 0 Å². The summed E-state index contributed by atoms with van der Waals surface area (Å²) in [6, 6.07) is 15.8. The number of rotatable bonds is 5. The van der Waals surface area contributed by atoms with E-state index in [-0.39, 0.29) is 30.3 Å². The Balaban J connectivity index is 1.77. The standard InChI is InChI=1S/C23H26N2O2/c1-4-21(19-11-9-16(2)10-12-19)24-23(27)15-22-20-8-6-5-7-18(20)13-14-25(22)17(3)26/h5-14,21-22H,4,15H2,1-3H3,(H,24,27). The first kappa shape index (κ1) is 18.9. The Morgan fingerprint density at radius 1 is 1.11 bits per heavy atom. The molecule has 0 radical (unpaired) electrons. The van der Waals surface area contributed by atoms with E-state index < -0.39 is 0 Å². The minimum atomic E-state index is -0.278. The second kappa shape index (κ2) is 8.21. The van der Waals surface area contributed by atoms with Gasteiger partial charge in [0, 0.05) is 13.1 Å². The van der Waals surface area contributed by atoms with E-state index in [1.54, 1.807) is 11.1 Å². The SMILES string of the molecule is CCC(NC(=O)CC1c2ccccc2C=CN1C(C)=O)c1ccc(C)cc1. The van der Waals surface area contributed by atoms with Gasteiger partial charge in [-0.25, -0.2) is 0 Å². The van der Waals surface area contributed by atoms with Crippen molar-refractivity contribution in [2.45, 2.75) is 45.7 Å². The number of benzene rings is 2. The van der Waals surface area contributed by atoms with Gasteiger partial charge in [-0.2, -0.15) is 0 Å². The molecule has 4 heteroatoms. The van der Waals surface area contributed by atoms with E-state index in [2.05, 4.69) is 36.5 Å². The highest BCUT2D eigenvalue weighted by Gasteiger charge is 2.28. The van der Waals surface area contributed by atoms with E-state index in [9.17, 15) is 9.59 Å². The molecule has 3 rings (SSSR count). The molecule has 2 aromatic rings. The molecule has 0 aromatic heterocycles. The molecular formula is C23H26N2O2. The van der Waals surface area contributed by atoms with Crippen molar-refractivity contribution in [2.75, 3.05) is 0 Å². The van der Waals surface area contributed by atoms with Crippen molar-refractivity contribution in [1.29, 1.82) is 0 Å². The van der Waals surface area contributed by atoms with Crippen LogP contribution in [-0.2, 0) is 9.59 Å². The summed E-state index contributed by atoms with van der Waals surface area (Å²) in [6.07, 6.45) is 4.75. The third-order valence-corrected chi connectivity index (χ3v) is 5.07. The number of carbonyl (C=O) groups excluding carboxylic acids is 2. The predicted octanol–water partition coefficient (Wildman–Crippen LogP) is 4.53. The van der Waals surface area contributed by atoms with Gasteiger partial charge in [-0.05, 0) is 36.1 Å². The average molecular weight is 362 g/mol. The summed E-state index contributed by atoms with van der Waals surface area (Å²) in [5.74, 6) is -0.118. The fourth-order valence-electron chi connectivity index (χ4n) is 3.56. The topological polar surface area (TPSA) is 49.4 Å². The van der Waals surface area contributed by atoms with E-state index in [0.717, 1.165) is 23.1 Å².